The number of amides is 1. The predicted octanol–water partition coefficient (Wildman–Crippen LogP) is 4.10. The fourth-order valence-corrected chi connectivity index (χ4v) is 3.08. The van der Waals surface area contributed by atoms with Crippen LogP contribution < -0.4 is 5.32 Å². The van der Waals surface area contributed by atoms with Crippen LogP contribution in [0, 0.1) is 0 Å². The molecule has 27 heavy (non-hydrogen) atoms. The highest BCUT2D eigenvalue weighted by atomic mass is 79.9. The first-order chi connectivity index (χ1) is 13.1. The third kappa shape index (κ3) is 4.17. The summed E-state index contributed by atoms with van der Waals surface area (Å²) in [4.78, 5) is 29.1. The fraction of sp³-hybridized carbons (Fsp3) is 0.190. The summed E-state index contributed by atoms with van der Waals surface area (Å²) in [6.45, 7) is -0.278. The molecule has 4 rings (SSSR count). The number of rotatable bonds is 5. The number of aromatic nitrogens is 1. The molecule has 2 aromatic carbocycles. The molecule has 0 spiro atoms. The Hall–Kier alpha value is -2.73. The Bertz CT molecular complexity index is 1010. The molecular weight excluding hydrogens is 408 g/mol. The number of hydrogen-bond acceptors (Lipinski definition) is 4. The molecule has 0 bridgehead atoms. The number of carbonyl (C=O) groups excluding carboxylic acids is 2. The molecule has 0 atom stereocenters. The van der Waals surface area contributed by atoms with Gasteiger partial charge in [-0.15, -0.1) is 0 Å². The number of pyridine rings is 1. The summed E-state index contributed by atoms with van der Waals surface area (Å²) in [6.07, 6.45) is 1.98. The van der Waals surface area contributed by atoms with E-state index in [9.17, 15) is 9.59 Å². The van der Waals surface area contributed by atoms with E-state index in [1.165, 1.54) is 0 Å². The first kappa shape index (κ1) is 17.7. The summed E-state index contributed by atoms with van der Waals surface area (Å²) >= 11 is 3.42. The van der Waals surface area contributed by atoms with Crippen LogP contribution in [0.1, 0.15) is 23.2 Å². The molecule has 1 aliphatic carbocycles. The molecule has 1 saturated carbocycles. The van der Waals surface area contributed by atoms with Crippen LogP contribution in [0.15, 0.2) is 59.1 Å². The second-order valence-corrected chi connectivity index (χ2v) is 7.41. The van der Waals surface area contributed by atoms with Gasteiger partial charge in [-0.1, -0.05) is 46.3 Å². The van der Waals surface area contributed by atoms with E-state index in [0.29, 0.717) is 22.2 Å². The van der Waals surface area contributed by atoms with Gasteiger partial charge in [0.1, 0.15) is 0 Å². The smallest absolute Gasteiger partial charge is 0.339 e. The Morgan fingerprint density at radius 1 is 1.11 bits per heavy atom. The Morgan fingerprint density at radius 3 is 2.59 bits per heavy atom. The second kappa shape index (κ2) is 7.48. The number of halogens is 1. The monoisotopic (exact) mass is 424 g/mol. The molecule has 1 aliphatic rings. The topological polar surface area (TPSA) is 68.3 Å². The minimum absolute atomic E-state index is 0.238. The van der Waals surface area contributed by atoms with Gasteiger partial charge in [0, 0.05) is 21.5 Å². The van der Waals surface area contributed by atoms with Gasteiger partial charge < -0.3 is 10.1 Å². The number of nitrogens with zero attached hydrogens (tertiary/aromatic N) is 1. The molecule has 0 radical (unpaired) electrons. The average molecular weight is 425 g/mol. The average Bonchev–Trinajstić information content (AvgIpc) is 3.49. The Morgan fingerprint density at radius 2 is 1.85 bits per heavy atom. The van der Waals surface area contributed by atoms with Crippen LogP contribution in [0.4, 0.5) is 0 Å². The molecule has 1 amide bonds. The van der Waals surface area contributed by atoms with Crippen molar-refractivity contribution < 1.29 is 14.3 Å². The van der Waals surface area contributed by atoms with Crippen molar-refractivity contribution in [3.05, 3.63) is 64.6 Å². The van der Waals surface area contributed by atoms with E-state index in [2.05, 4.69) is 26.2 Å². The Labute approximate surface area is 164 Å². The molecule has 0 saturated heterocycles. The molecule has 6 heteroatoms. The van der Waals surface area contributed by atoms with Crippen molar-refractivity contribution in [3.63, 3.8) is 0 Å². The van der Waals surface area contributed by atoms with Crippen molar-refractivity contribution in [2.45, 2.75) is 18.9 Å². The maximum atomic E-state index is 12.7. The fourth-order valence-electron chi connectivity index (χ4n) is 2.82. The molecule has 0 unspecified atom stereocenters. The number of esters is 1. The second-order valence-electron chi connectivity index (χ2n) is 6.50. The normalized spacial score (nSPS) is 13.4. The Balaban J connectivity index is 1.64. The number of hydrogen-bond donors (Lipinski definition) is 1. The molecule has 136 valence electrons. The van der Waals surface area contributed by atoms with Crippen molar-refractivity contribution in [3.8, 4) is 11.3 Å². The standard InChI is InChI=1S/C21H17BrN2O3/c22-14-7-5-13(6-8-14)19-11-17(16-3-1-2-4-18(16)24-19)21(26)27-12-20(25)23-15-9-10-15/h1-8,11,15H,9-10,12H2,(H,23,25). The van der Waals surface area contributed by atoms with Crippen LogP contribution in [0.5, 0.6) is 0 Å². The number of benzene rings is 2. The van der Waals surface area contributed by atoms with E-state index in [4.69, 9.17) is 4.74 Å². The predicted molar refractivity (Wildman–Crippen MR) is 106 cm³/mol. The van der Waals surface area contributed by atoms with Gasteiger partial charge in [0.15, 0.2) is 6.61 Å². The molecule has 5 nitrogen and oxygen atoms in total. The number of fused-ring (bicyclic) bond motifs is 1. The van der Waals surface area contributed by atoms with Gasteiger partial charge in [-0.2, -0.15) is 0 Å². The van der Waals surface area contributed by atoms with Crippen molar-refractivity contribution in [1.29, 1.82) is 0 Å². The maximum absolute atomic E-state index is 12.7. The van der Waals surface area contributed by atoms with Crippen LogP contribution in [-0.2, 0) is 9.53 Å². The SMILES string of the molecule is O=C(COC(=O)c1cc(-c2ccc(Br)cc2)nc2ccccc12)NC1CC1. The lowest BCUT2D eigenvalue weighted by Crippen LogP contribution is -2.30. The molecule has 0 aliphatic heterocycles. The van der Waals surface area contributed by atoms with Gasteiger partial charge in [0.25, 0.3) is 5.91 Å². The summed E-state index contributed by atoms with van der Waals surface area (Å²) < 4.78 is 6.22. The highest BCUT2D eigenvalue weighted by molar-refractivity contribution is 9.10. The minimum Gasteiger partial charge on any atom is -0.452 e. The van der Waals surface area contributed by atoms with Gasteiger partial charge >= 0.3 is 5.97 Å². The van der Waals surface area contributed by atoms with Crippen LogP contribution in [-0.4, -0.2) is 29.5 Å². The number of para-hydroxylation sites is 1. The van der Waals surface area contributed by atoms with E-state index in [1.807, 2.05) is 48.5 Å². The first-order valence-corrected chi connectivity index (χ1v) is 9.52. The number of nitrogens with one attached hydrogen (secondary N) is 1. The van der Waals surface area contributed by atoms with E-state index >= 15 is 0 Å². The maximum Gasteiger partial charge on any atom is 0.339 e. The summed E-state index contributed by atoms with van der Waals surface area (Å²) in [7, 11) is 0. The van der Waals surface area contributed by atoms with Gasteiger partial charge in [0.05, 0.1) is 16.8 Å². The number of carbonyl (C=O) groups is 2. The zero-order valence-corrected chi connectivity index (χ0v) is 16.0. The van der Waals surface area contributed by atoms with Crippen molar-refractivity contribution in [2.75, 3.05) is 6.61 Å². The quantitative estimate of drug-likeness (QED) is 0.625. The lowest BCUT2D eigenvalue weighted by molar-refractivity contribution is -0.124. The lowest BCUT2D eigenvalue weighted by atomic mass is 10.0. The van der Waals surface area contributed by atoms with Crippen LogP contribution in [0.3, 0.4) is 0 Å². The lowest BCUT2D eigenvalue weighted by Gasteiger charge is -2.10. The summed E-state index contributed by atoms with van der Waals surface area (Å²) in [6, 6.07) is 17.1. The van der Waals surface area contributed by atoms with E-state index in [0.717, 1.165) is 22.9 Å². The van der Waals surface area contributed by atoms with Crippen molar-refractivity contribution in [1.82, 2.24) is 10.3 Å². The largest absolute Gasteiger partial charge is 0.452 e. The van der Waals surface area contributed by atoms with E-state index in [-0.39, 0.29) is 18.6 Å². The molecule has 1 heterocycles. The molecule has 3 aromatic rings. The minimum atomic E-state index is -0.530. The molecule has 1 N–H and O–H groups in total. The van der Waals surface area contributed by atoms with Gasteiger partial charge in [-0.25, -0.2) is 9.78 Å². The van der Waals surface area contributed by atoms with Crippen LogP contribution >= 0.6 is 15.9 Å². The van der Waals surface area contributed by atoms with E-state index in [1.54, 1.807) is 6.07 Å². The molecule has 1 aromatic heterocycles. The number of ether oxygens (including phenoxy) is 1. The van der Waals surface area contributed by atoms with Crippen molar-refractivity contribution in [2.24, 2.45) is 0 Å². The van der Waals surface area contributed by atoms with Crippen LogP contribution in [0.25, 0.3) is 22.2 Å². The van der Waals surface area contributed by atoms with E-state index < -0.39 is 5.97 Å². The summed E-state index contributed by atoms with van der Waals surface area (Å²) in [5, 5.41) is 3.51. The van der Waals surface area contributed by atoms with Crippen LogP contribution in [0.2, 0.25) is 0 Å². The highest BCUT2D eigenvalue weighted by Gasteiger charge is 2.24. The third-order valence-electron chi connectivity index (χ3n) is 4.35. The summed E-state index contributed by atoms with van der Waals surface area (Å²) in [5.41, 5.74) is 2.67. The van der Waals surface area contributed by atoms with Crippen molar-refractivity contribution >= 4 is 38.7 Å². The van der Waals surface area contributed by atoms with Gasteiger partial charge in [-0.05, 0) is 37.1 Å². The Kier molecular flexibility index (Phi) is 4.90. The van der Waals surface area contributed by atoms with Gasteiger partial charge in [0.2, 0.25) is 0 Å². The zero-order chi connectivity index (χ0) is 18.8. The third-order valence-corrected chi connectivity index (χ3v) is 4.88. The summed E-state index contributed by atoms with van der Waals surface area (Å²) in [5.74, 6) is -0.796. The molecular formula is C21H17BrN2O3. The first-order valence-electron chi connectivity index (χ1n) is 8.72. The zero-order valence-electron chi connectivity index (χ0n) is 14.4. The molecule has 1 fully saturated rings. The highest BCUT2D eigenvalue weighted by Crippen LogP contribution is 2.26. The van der Waals surface area contributed by atoms with Gasteiger partial charge in [-0.3, -0.25) is 4.79 Å².